The minimum absolute atomic E-state index is 0.0633. The highest BCUT2D eigenvalue weighted by Gasteiger charge is 2.25. The molecule has 108 valence electrons. The maximum absolute atomic E-state index is 12.3. The summed E-state index contributed by atoms with van der Waals surface area (Å²) >= 11 is 0. The molecule has 0 saturated carbocycles. The van der Waals surface area contributed by atoms with E-state index in [0.29, 0.717) is 25.9 Å². The SMILES string of the molecule is N#CC1CNCCN1C(=O)CCc1c[nH]c2ccccc12. The average molecular weight is 282 g/mol. The van der Waals surface area contributed by atoms with E-state index in [1.807, 2.05) is 24.4 Å². The molecule has 3 rings (SSSR count). The van der Waals surface area contributed by atoms with Gasteiger partial charge in [-0.1, -0.05) is 18.2 Å². The van der Waals surface area contributed by atoms with Gasteiger partial charge in [-0.3, -0.25) is 4.79 Å². The summed E-state index contributed by atoms with van der Waals surface area (Å²) in [5.41, 5.74) is 2.25. The van der Waals surface area contributed by atoms with Gasteiger partial charge in [0.25, 0.3) is 0 Å². The third-order valence-corrected chi connectivity index (χ3v) is 4.00. The van der Waals surface area contributed by atoms with Gasteiger partial charge in [-0.25, -0.2) is 0 Å². The average Bonchev–Trinajstić information content (AvgIpc) is 2.96. The van der Waals surface area contributed by atoms with Crippen molar-refractivity contribution in [3.05, 3.63) is 36.0 Å². The van der Waals surface area contributed by atoms with Crippen molar-refractivity contribution >= 4 is 16.8 Å². The van der Waals surface area contributed by atoms with Crippen molar-refractivity contribution < 1.29 is 4.79 Å². The van der Waals surface area contributed by atoms with Crippen LogP contribution in [0.1, 0.15) is 12.0 Å². The number of aryl methyl sites for hydroxylation is 1. The highest BCUT2D eigenvalue weighted by molar-refractivity contribution is 5.84. The lowest BCUT2D eigenvalue weighted by molar-refractivity contribution is -0.133. The summed E-state index contributed by atoms with van der Waals surface area (Å²) in [4.78, 5) is 17.3. The van der Waals surface area contributed by atoms with E-state index < -0.39 is 0 Å². The minimum atomic E-state index is -0.339. The quantitative estimate of drug-likeness (QED) is 0.894. The molecule has 2 aromatic rings. The van der Waals surface area contributed by atoms with E-state index in [2.05, 4.69) is 22.4 Å². The predicted octanol–water partition coefficient (Wildman–Crippen LogP) is 1.42. The lowest BCUT2D eigenvalue weighted by atomic mass is 10.1. The number of nitrogens with zero attached hydrogens (tertiary/aromatic N) is 2. The maximum atomic E-state index is 12.3. The fraction of sp³-hybridized carbons (Fsp3) is 0.375. The Hall–Kier alpha value is -2.32. The van der Waals surface area contributed by atoms with Gasteiger partial charge in [0.05, 0.1) is 6.07 Å². The van der Waals surface area contributed by atoms with Crippen LogP contribution in [-0.2, 0) is 11.2 Å². The Kier molecular flexibility index (Phi) is 3.89. The summed E-state index contributed by atoms with van der Waals surface area (Å²) < 4.78 is 0. The van der Waals surface area contributed by atoms with Crippen LogP contribution in [0.3, 0.4) is 0 Å². The van der Waals surface area contributed by atoms with Gasteiger partial charge < -0.3 is 15.2 Å². The second-order valence-electron chi connectivity index (χ2n) is 5.30. The molecule has 1 unspecified atom stereocenters. The number of benzene rings is 1. The number of para-hydroxylation sites is 1. The number of aromatic nitrogens is 1. The summed E-state index contributed by atoms with van der Waals surface area (Å²) in [6.07, 6.45) is 3.11. The van der Waals surface area contributed by atoms with Crippen LogP contribution >= 0.6 is 0 Å². The number of hydrogen-bond donors (Lipinski definition) is 2. The fourth-order valence-electron chi connectivity index (χ4n) is 2.84. The molecular formula is C16H18N4O. The molecule has 1 aliphatic heterocycles. The van der Waals surface area contributed by atoms with Crippen molar-refractivity contribution in [2.24, 2.45) is 0 Å². The van der Waals surface area contributed by atoms with E-state index in [4.69, 9.17) is 5.26 Å². The number of amides is 1. The first-order chi connectivity index (χ1) is 10.3. The fourth-order valence-corrected chi connectivity index (χ4v) is 2.84. The highest BCUT2D eigenvalue weighted by Crippen LogP contribution is 2.19. The Balaban J connectivity index is 1.67. The van der Waals surface area contributed by atoms with E-state index in [1.54, 1.807) is 4.90 Å². The van der Waals surface area contributed by atoms with Gasteiger partial charge in [0.1, 0.15) is 6.04 Å². The number of nitrogens with one attached hydrogen (secondary N) is 2. The van der Waals surface area contributed by atoms with Gasteiger partial charge in [0.15, 0.2) is 0 Å². The zero-order chi connectivity index (χ0) is 14.7. The van der Waals surface area contributed by atoms with E-state index in [1.165, 1.54) is 5.39 Å². The maximum Gasteiger partial charge on any atom is 0.224 e. The summed E-state index contributed by atoms with van der Waals surface area (Å²) in [6.45, 7) is 1.94. The monoisotopic (exact) mass is 282 g/mol. The molecule has 0 spiro atoms. The molecule has 2 N–H and O–H groups in total. The van der Waals surface area contributed by atoms with Crippen LogP contribution in [0.4, 0.5) is 0 Å². The zero-order valence-electron chi connectivity index (χ0n) is 11.8. The van der Waals surface area contributed by atoms with Gasteiger partial charge in [-0.05, 0) is 18.1 Å². The largest absolute Gasteiger partial charge is 0.361 e. The molecule has 1 aromatic carbocycles. The molecule has 1 aliphatic rings. The van der Waals surface area contributed by atoms with Crippen LogP contribution in [0, 0.1) is 11.3 Å². The summed E-state index contributed by atoms with van der Waals surface area (Å²) in [7, 11) is 0. The molecule has 0 bridgehead atoms. The number of fused-ring (bicyclic) bond motifs is 1. The highest BCUT2D eigenvalue weighted by atomic mass is 16.2. The number of carbonyl (C=O) groups is 1. The van der Waals surface area contributed by atoms with E-state index >= 15 is 0 Å². The normalized spacial score (nSPS) is 18.6. The van der Waals surface area contributed by atoms with Crippen molar-refractivity contribution in [3.63, 3.8) is 0 Å². The Labute approximate surface area is 123 Å². The standard InChI is InChI=1S/C16H18N4O/c17-9-13-11-18-7-8-20(13)16(21)6-5-12-10-19-15-4-2-1-3-14(12)15/h1-4,10,13,18-19H,5-8,11H2. The van der Waals surface area contributed by atoms with E-state index in [-0.39, 0.29) is 11.9 Å². The lowest BCUT2D eigenvalue weighted by Crippen LogP contribution is -2.53. The number of nitriles is 1. The van der Waals surface area contributed by atoms with Gasteiger partial charge in [-0.2, -0.15) is 5.26 Å². The molecule has 21 heavy (non-hydrogen) atoms. The van der Waals surface area contributed by atoms with Gasteiger partial charge in [-0.15, -0.1) is 0 Å². The number of piperazine rings is 1. The zero-order valence-corrected chi connectivity index (χ0v) is 11.8. The molecule has 1 fully saturated rings. The van der Waals surface area contributed by atoms with Crippen molar-refractivity contribution in [1.82, 2.24) is 15.2 Å². The summed E-state index contributed by atoms with van der Waals surface area (Å²) in [5, 5.41) is 13.4. The van der Waals surface area contributed by atoms with Crippen molar-refractivity contribution in [3.8, 4) is 6.07 Å². The van der Waals surface area contributed by atoms with Gasteiger partial charge in [0, 0.05) is 43.2 Å². The van der Waals surface area contributed by atoms with Gasteiger partial charge in [0.2, 0.25) is 5.91 Å². The molecule has 5 heteroatoms. The first-order valence-corrected chi connectivity index (χ1v) is 7.24. The summed E-state index contributed by atoms with van der Waals surface area (Å²) in [6, 6.07) is 9.95. The molecule has 0 aliphatic carbocycles. The van der Waals surface area contributed by atoms with Crippen molar-refractivity contribution in [1.29, 1.82) is 5.26 Å². The number of hydrogen-bond acceptors (Lipinski definition) is 3. The minimum Gasteiger partial charge on any atom is -0.361 e. The number of rotatable bonds is 3. The van der Waals surface area contributed by atoms with Crippen LogP contribution in [0.15, 0.2) is 30.5 Å². The number of carbonyl (C=O) groups excluding carboxylic acids is 1. The van der Waals surface area contributed by atoms with Crippen LogP contribution < -0.4 is 5.32 Å². The molecule has 1 aromatic heterocycles. The first kappa shape index (κ1) is 13.7. The van der Waals surface area contributed by atoms with Crippen molar-refractivity contribution in [2.45, 2.75) is 18.9 Å². The molecule has 1 atom stereocenters. The van der Waals surface area contributed by atoms with Crippen LogP contribution in [0.25, 0.3) is 10.9 Å². The van der Waals surface area contributed by atoms with Crippen LogP contribution in [0.5, 0.6) is 0 Å². The van der Waals surface area contributed by atoms with E-state index in [9.17, 15) is 4.79 Å². The van der Waals surface area contributed by atoms with Crippen molar-refractivity contribution in [2.75, 3.05) is 19.6 Å². The smallest absolute Gasteiger partial charge is 0.224 e. The Morgan fingerprint density at radius 2 is 2.29 bits per heavy atom. The molecule has 0 radical (unpaired) electrons. The molecule has 1 amide bonds. The molecule has 5 nitrogen and oxygen atoms in total. The first-order valence-electron chi connectivity index (χ1n) is 7.24. The third-order valence-electron chi connectivity index (χ3n) is 4.00. The third kappa shape index (κ3) is 2.76. The molecule has 1 saturated heterocycles. The van der Waals surface area contributed by atoms with Gasteiger partial charge >= 0.3 is 0 Å². The Morgan fingerprint density at radius 1 is 1.43 bits per heavy atom. The molecular weight excluding hydrogens is 264 g/mol. The Bertz CT molecular complexity index is 685. The molecule has 2 heterocycles. The second-order valence-corrected chi connectivity index (χ2v) is 5.30. The number of aromatic amines is 1. The van der Waals surface area contributed by atoms with Crippen LogP contribution in [-0.4, -0.2) is 41.5 Å². The second kappa shape index (κ2) is 5.98. The topological polar surface area (TPSA) is 71.9 Å². The predicted molar refractivity (Wildman–Crippen MR) is 80.6 cm³/mol. The van der Waals surface area contributed by atoms with E-state index in [0.717, 1.165) is 17.6 Å². The number of H-pyrrole nitrogens is 1. The Morgan fingerprint density at radius 3 is 3.14 bits per heavy atom. The summed E-state index contributed by atoms with van der Waals surface area (Å²) in [5.74, 6) is 0.0633. The lowest BCUT2D eigenvalue weighted by Gasteiger charge is -2.32. The van der Waals surface area contributed by atoms with Crippen LogP contribution in [0.2, 0.25) is 0 Å².